The predicted octanol–water partition coefficient (Wildman–Crippen LogP) is 25.3. The summed E-state index contributed by atoms with van der Waals surface area (Å²) in [5.41, 5.74) is 31.1. The van der Waals surface area contributed by atoms with Crippen LogP contribution in [-0.2, 0) is 10.8 Å². The number of fused-ring (bicyclic) bond motifs is 25. The average molecular weight is 1240 g/mol. The molecule has 0 saturated carbocycles. The lowest BCUT2D eigenvalue weighted by atomic mass is 9.70. The Labute approximate surface area is 569 Å². The third kappa shape index (κ3) is 7.57. The SMILES string of the molecule is c1ccc(N(c2ccc3c(c2)C2(c4ccccc4-c4ccccc42)c2ccccc2-3)c2ccc3c(-c4ccc5ccccc5c4)c(-c4ccc5ccccc5c4)c4ccc(N(c5ccccc5)c5ccc6c(c5)C5(c7ccccc7-c7ccccc75)c5ccccc5-6)cc4c3c2)cc1. The number of hydrogen-bond acceptors (Lipinski definition) is 2. The van der Waals surface area contributed by atoms with E-state index in [9.17, 15) is 0 Å². The molecule has 0 bridgehead atoms. The Kier molecular flexibility index (Phi) is 11.7. The summed E-state index contributed by atoms with van der Waals surface area (Å²) >= 11 is 0. The molecule has 17 aromatic carbocycles. The predicted molar refractivity (Wildman–Crippen MR) is 409 cm³/mol. The van der Waals surface area contributed by atoms with Crippen LogP contribution in [0.3, 0.4) is 0 Å². The van der Waals surface area contributed by atoms with Gasteiger partial charge in [0.2, 0.25) is 0 Å². The van der Waals surface area contributed by atoms with Crippen LogP contribution in [0.15, 0.2) is 364 Å². The third-order valence-electron chi connectivity index (χ3n) is 22.2. The van der Waals surface area contributed by atoms with Crippen molar-refractivity contribution < 1.29 is 0 Å². The fourth-order valence-electron chi connectivity index (χ4n) is 18.3. The minimum Gasteiger partial charge on any atom is -0.310 e. The minimum atomic E-state index is -0.512. The van der Waals surface area contributed by atoms with Crippen LogP contribution >= 0.6 is 0 Å². The Balaban J connectivity index is 0.838. The molecule has 4 aliphatic rings. The van der Waals surface area contributed by atoms with Crippen molar-refractivity contribution in [1.29, 1.82) is 0 Å². The van der Waals surface area contributed by atoms with Gasteiger partial charge < -0.3 is 9.80 Å². The van der Waals surface area contributed by atoms with Gasteiger partial charge in [0.1, 0.15) is 0 Å². The van der Waals surface area contributed by atoms with Gasteiger partial charge in [0.15, 0.2) is 0 Å². The second-order valence-electron chi connectivity index (χ2n) is 26.9. The van der Waals surface area contributed by atoms with Gasteiger partial charge in [-0.3, -0.25) is 0 Å². The molecule has 0 aliphatic heterocycles. The van der Waals surface area contributed by atoms with E-state index >= 15 is 0 Å². The highest BCUT2D eigenvalue weighted by Crippen LogP contribution is 2.66. The second-order valence-corrected chi connectivity index (χ2v) is 26.9. The maximum absolute atomic E-state index is 2.52. The standard InChI is InChI=1S/C96H60N2/c1-3-27-67(28-4-1)97(71-47-51-79-77-35-15-21-41-89(77)95(91(79)59-71)85-37-17-11-31-73(85)74-32-12-18-38-86(74)95)69-49-53-81-83(57-69)84-58-70(50-54-82(84)94(66-46-44-62-24-8-10-26-64(62)56-66)93(81)65-45-43-61-23-7-9-25-63(61)55-65)98(68-29-5-2-6-30-68)72-48-52-80-78-36-16-22-42-90(78)96(92(80)60-72)87-39-19-13-33-75(87)76-34-14-20-40-88(76)96/h1-60H. The molecule has 98 heavy (non-hydrogen) atoms. The van der Waals surface area contributed by atoms with Gasteiger partial charge in [0.25, 0.3) is 0 Å². The minimum absolute atomic E-state index is 0.512. The largest absolute Gasteiger partial charge is 0.310 e. The molecule has 454 valence electrons. The summed E-state index contributed by atoms with van der Waals surface area (Å²) in [7, 11) is 0. The number of hydrogen-bond donors (Lipinski definition) is 0. The molecule has 0 aromatic heterocycles. The first kappa shape index (κ1) is 54.7. The summed E-state index contributed by atoms with van der Waals surface area (Å²) in [5, 5.41) is 9.51. The normalized spacial score (nSPS) is 13.5. The zero-order valence-corrected chi connectivity index (χ0v) is 53.5. The van der Waals surface area contributed by atoms with Crippen molar-refractivity contribution in [1.82, 2.24) is 0 Å². The van der Waals surface area contributed by atoms with E-state index in [1.54, 1.807) is 0 Å². The van der Waals surface area contributed by atoms with Crippen molar-refractivity contribution in [2.24, 2.45) is 0 Å². The first-order valence-corrected chi connectivity index (χ1v) is 34.2. The van der Waals surface area contributed by atoms with Crippen molar-refractivity contribution in [2.75, 3.05) is 9.80 Å². The fraction of sp³-hybridized carbons (Fsp3) is 0.0208. The maximum atomic E-state index is 2.52. The lowest BCUT2D eigenvalue weighted by Gasteiger charge is -2.32. The summed E-state index contributed by atoms with van der Waals surface area (Å²) in [6.07, 6.45) is 0. The fourth-order valence-corrected chi connectivity index (χ4v) is 18.3. The quantitative estimate of drug-likeness (QED) is 0.140. The number of anilines is 6. The first-order chi connectivity index (χ1) is 48.6. The summed E-state index contributed by atoms with van der Waals surface area (Å²) < 4.78 is 0. The molecule has 4 aliphatic carbocycles. The van der Waals surface area contributed by atoms with E-state index in [4.69, 9.17) is 0 Å². The van der Waals surface area contributed by atoms with E-state index in [-0.39, 0.29) is 0 Å². The van der Waals surface area contributed by atoms with E-state index < -0.39 is 10.8 Å². The van der Waals surface area contributed by atoms with Crippen LogP contribution in [0.1, 0.15) is 44.5 Å². The maximum Gasteiger partial charge on any atom is 0.0726 e. The highest BCUT2D eigenvalue weighted by Gasteiger charge is 2.53. The second kappa shape index (κ2) is 20.9. The Hall–Kier alpha value is -12.6. The molecule has 0 fully saturated rings. The number of para-hydroxylation sites is 2. The van der Waals surface area contributed by atoms with Crippen molar-refractivity contribution in [3.05, 3.63) is 408 Å². The molecule has 2 nitrogen and oxygen atoms in total. The Morgan fingerprint density at radius 2 is 0.439 bits per heavy atom. The molecule has 0 radical (unpaired) electrons. The molecule has 21 rings (SSSR count). The van der Waals surface area contributed by atoms with Gasteiger partial charge in [-0.1, -0.05) is 279 Å². The van der Waals surface area contributed by atoms with E-state index in [1.807, 2.05) is 0 Å². The van der Waals surface area contributed by atoms with Gasteiger partial charge in [0, 0.05) is 34.1 Å². The van der Waals surface area contributed by atoms with Crippen LogP contribution < -0.4 is 9.80 Å². The highest BCUT2D eigenvalue weighted by molar-refractivity contribution is 6.24. The molecule has 2 spiro atoms. The van der Waals surface area contributed by atoms with Crippen molar-refractivity contribution in [2.45, 2.75) is 10.8 Å². The van der Waals surface area contributed by atoms with Crippen LogP contribution in [0.5, 0.6) is 0 Å². The molecule has 0 amide bonds. The summed E-state index contributed by atoms with van der Waals surface area (Å²) in [5.74, 6) is 0. The zero-order valence-electron chi connectivity index (χ0n) is 53.5. The zero-order chi connectivity index (χ0) is 64.2. The van der Waals surface area contributed by atoms with Gasteiger partial charge in [-0.25, -0.2) is 0 Å². The van der Waals surface area contributed by atoms with Crippen LogP contribution in [0.25, 0.3) is 110 Å². The topological polar surface area (TPSA) is 6.48 Å². The van der Waals surface area contributed by atoms with Gasteiger partial charge in [-0.05, 0) is 239 Å². The lowest BCUT2D eigenvalue weighted by Crippen LogP contribution is -2.26. The van der Waals surface area contributed by atoms with Gasteiger partial charge in [-0.15, -0.1) is 0 Å². The molecule has 2 heteroatoms. The number of rotatable bonds is 8. The van der Waals surface area contributed by atoms with E-state index in [2.05, 4.69) is 374 Å². The molecule has 0 heterocycles. The van der Waals surface area contributed by atoms with Gasteiger partial charge in [0.05, 0.1) is 10.8 Å². The smallest absolute Gasteiger partial charge is 0.0726 e. The average Bonchev–Trinajstić information content (AvgIpc) is 1.51. The number of nitrogens with zero attached hydrogens (tertiary/aromatic N) is 2. The summed E-state index contributed by atoms with van der Waals surface area (Å²) in [6.45, 7) is 0. The molecule has 0 atom stereocenters. The summed E-state index contributed by atoms with van der Waals surface area (Å²) in [6, 6.07) is 138. The molecule has 0 N–H and O–H groups in total. The molecular formula is C96H60N2. The van der Waals surface area contributed by atoms with Crippen LogP contribution in [0.4, 0.5) is 34.1 Å². The monoisotopic (exact) mass is 1240 g/mol. The lowest BCUT2D eigenvalue weighted by molar-refractivity contribution is 0.793. The third-order valence-corrected chi connectivity index (χ3v) is 22.2. The van der Waals surface area contributed by atoms with E-state index in [0.29, 0.717) is 0 Å². The van der Waals surface area contributed by atoms with Crippen molar-refractivity contribution in [3.63, 3.8) is 0 Å². The summed E-state index contributed by atoms with van der Waals surface area (Å²) in [4.78, 5) is 5.00. The van der Waals surface area contributed by atoms with E-state index in [0.717, 1.165) is 44.9 Å². The Bertz CT molecular complexity index is 5710. The Morgan fingerprint density at radius 3 is 0.786 bits per heavy atom. The van der Waals surface area contributed by atoms with Gasteiger partial charge in [-0.2, -0.15) is 0 Å². The van der Waals surface area contributed by atoms with Crippen LogP contribution in [-0.4, -0.2) is 0 Å². The van der Waals surface area contributed by atoms with Crippen molar-refractivity contribution >= 4 is 77.2 Å². The van der Waals surface area contributed by atoms with Crippen LogP contribution in [0.2, 0.25) is 0 Å². The van der Waals surface area contributed by atoms with Gasteiger partial charge >= 0.3 is 0 Å². The number of benzene rings is 17. The van der Waals surface area contributed by atoms with E-state index in [1.165, 1.54) is 144 Å². The van der Waals surface area contributed by atoms with Crippen LogP contribution in [0, 0.1) is 0 Å². The first-order valence-electron chi connectivity index (χ1n) is 34.2. The van der Waals surface area contributed by atoms with Crippen molar-refractivity contribution in [3.8, 4) is 66.8 Å². The molecule has 17 aromatic rings. The Morgan fingerprint density at radius 1 is 0.163 bits per heavy atom. The molecule has 0 unspecified atom stereocenters. The molecular weight excluding hydrogens is 1180 g/mol. The molecule has 0 saturated heterocycles. The highest BCUT2D eigenvalue weighted by atomic mass is 15.1.